The molecule has 6 heteroatoms. The third-order valence-electron chi connectivity index (χ3n) is 2.76. The Kier molecular flexibility index (Phi) is 4.35. The van der Waals surface area contributed by atoms with Crippen LogP contribution in [0.4, 0.5) is 23.2 Å². The van der Waals surface area contributed by atoms with Crippen molar-refractivity contribution in [3.05, 3.63) is 59.4 Å². The highest BCUT2D eigenvalue weighted by Gasteiger charge is 2.30. The first kappa shape index (κ1) is 15.2. The van der Waals surface area contributed by atoms with E-state index in [9.17, 15) is 17.6 Å². The molecule has 2 aromatic carbocycles. The van der Waals surface area contributed by atoms with Gasteiger partial charge in [-0.1, -0.05) is 18.2 Å². The molecule has 0 aliphatic rings. The fraction of sp³-hybridized carbons (Fsp3) is 0.200. The van der Waals surface area contributed by atoms with Crippen molar-refractivity contribution >= 4 is 5.69 Å². The number of halogens is 4. The van der Waals surface area contributed by atoms with Gasteiger partial charge in [-0.2, -0.15) is 0 Å². The summed E-state index contributed by atoms with van der Waals surface area (Å²) < 4.78 is 53.4. The van der Waals surface area contributed by atoms with Crippen LogP contribution in [-0.4, -0.2) is 6.36 Å². The van der Waals surface area contributed by atoms with Gasteiger partial charge >= 0.3 is 6.36 Å². The van der Waals surface area contributed by atoms with Crippen molar-refractivity contribution in [1.82, 2.24) is 0 Å². The zero-order valence-electron chi connectivity index (χ0n) is 11.2. The normalized spacial score (nSPS) is 11.3. The van der Waals surface area contributed by atoms with Gasteiger partial charge in [0, 0.05) is 6.54 Å². The summed E-state index contributed by atoms with van der Waals surface area (Å²) in [6, 6.07) is 10.2. The second-order valence-electron chi connectivity index (χ2n) is 4.53. The van der Waals surface area contributed by atoms with Gasteiger partial charge in [0.2, 0.25) is 0 Å². The summed E-state index contributed by atoms with van der Waals surface area (Å²) in [4.78, 5) is 0. The van der Waals surface area contributed by atoms with E-state index < -0.39 is 6.36 Å². The van der Waals surface area contributed by atoms with E-state index in [1.54, 1.807) is 19.1 Å². The van der Waals surface area contributed by atoms with Gasteiger partial charge < -0.3 is 10.1 Å². The second kappa shape index (κ2) is 6.03. The van der Waals surface area contributed by atoms with Gasteiger partial charge in [-0.15, -0.1) is 13.2 Å². The van der Waals surface area contributed by atoms with E-state index in [2.05, 4.69) is 10.1 Å². The van der Waals surface area contributed by atoms with Crippen LogP contribution in [0.5, 0.6) is 5.75 Å². The number of alkyl halides is 3. The van der Waals surface area contributed by atoms with Gasteiger partial charge in [0.1, 0.15) is 11.6 Å². The van der Waals surface area contributed by atoms with Crippen molar-refractivity contribution < 1.29 is 22.3 Å². The van der Waals surface area contributed by atoms with Gasteiger partial charge in [-0.25, -0.2) is 4.39 Å². The van der Waals surface area contributed by atoms with Crippen molar-refractivity contribution in [3.63, 3.8) is 0 Å². The predicted molar refractivity (Wildman–Crippen MR) is 71.6 cm³/mol. The number of anilines is 1. The summed E-state index contributed by atoms with van der Waals surface area (Å²) in [5.41, 5.74) is 1.87. The minimum absolute atomic E-state index is 0.284. The lowest BCUT2D eigenvalue weighted by atomic mass is 10.2. The SMILES string of the molecule is Cc1ccc(NCc2ccc(OC(F)(F)F)cc2)c(F)c1. The quantitative estimate of drug-likeness (QED) is 0.830. The largest absolute Gasteiger partial charge is 0.573 e. The number of benzene rings is 2. The maximum absolute atomic E-state index is 13.6. The molecule has 2 rings (SSSR count). The van der Waals surface area contributed by atoms with Crippen molar-refractivity contribution in [3.8, 4) is 5.75 Å². The Bertz CT molecular complexity index is 608. The Balaban J connectivity index is 1.97. The summed E-state index contributed by atoms with van der Waals surface area (Å²) in [7, 11) is 0. The molecule has 1 N–H and O–H groups in total. The first-order chi connectivity index (χ1) is 9.83. The molecule has 0 fully saturated rings. The maximum Gasteiger partial charge on any atom is 0.573 e. The molecule has 0 atom stereocenters. The second-order valence-corrected chi connectivity index (χ2v) is 4.53. The molecule has 21 heavy (non-hydrogen) atoms. The van der Waals surface area contributed by atoms with Crippen LogP contribution in [0.15, 0.2) is 42.5 Å². The van der Waals surface area contributed by atoms with Gasteiger partial charge in [-0.05, 0) is 42.3 Å². The molecule has 0 aliphatic heterocycles. The Morgan fingerprint density at radius 2 is 1.71 bits per heavy atom. The van der Waals surface area contributed by atoms with Crippen molar-refractivity contribution in [1.29, 1.82) is 0 Å². The van der Waals surface area contributed by atoms with Gasteiger partial charge in [0.15, 0.2) is 0 Å². The lowest BCUT2D eigenvalue weighted by Gasteiger charge is -2.11. The number of hydrogen-bond acceptors (Lipinski definition) is 2. The van der Waals surface area contributed by atoms with Gasteiger partial charge in [0.25, 0.3) is 0 Å². The Hall–Kier alpha value is -2.24. The summed E-state index contributed by atoms with van der Waals surface area (Å²) in [5.74, 6) is -0.653. The lowest BCUT2D eigenvalue weighted by molar-refractivity contribution is -0.274. The minimum atomic E-state index is -4.70. The van der Waals surface area contributed by atoms with Crippen molar-refractivity contribution in [2.24, 2.45) is 0 Å². The molecule has 112 valence electrons. The van der Waals surface area contributed by atoms with Crippen LogP contribution in [0.25, 0.3) is 0 Å². The Morgan fingerprint density at radius 3 is 2.29 bits per heavy atom. The standard InChI is InChI=1S/C15H13F4NO/c1-10-2-7-14(13(16)8-10)20-9-11-3-5-12(6-4-11)21-15(17,18)19/h2-8,20H,9H2,1H3. The van der Waals surface area contributed by atoms with E-state index in [0.29, 0.717) is 17.8 Å². The smallest absolute Gasteiger partial charge is 0.406 e. The molecule has 0 radical (unpaired) electrons. The fourth-order valence-electron chi connectivity index (χ4n) is 1.77. The van der Waals surface area contributed by atoms with E-state index >= 15 is 0 Å². The Labute approximate surface area is 119 Å². The molecule has 0 aromatic heterocycles. The predicted octanol–water partition coefficient (Wildman–Crippen LogP) is 4.64. The summed E-state index contributed by atoms with van der Waals surface area (Å²) in [5, 5.41) is 2.89. The fourth-order valence-corrected chi connectivity index (χ4v) is 1.77. The van der Waals surface area contributed by atoms with Crippen molar-refractivity contribution in [2.45, 2.75) is 19.8 Å². The van der Waals surface area contributed by atoms with Crippen LogP contribution in [0.3, 0.4) is 0 Å². The van der Waals surface area contributed by atoms with Crippen LogP contribution >= 0.6 is 0 Å². The highest BCUT2D eigenvalue weighted by molar-refractivity contribution is 5.46. The van der Waals surface area contributed by atoms with E-state index in [1.807, 2.05) is 0 Å². The zero-order chi connectivity index (χ0) is 15.5. The van der Waals surface area contributed by atoms with Crippen LogP contribution in [0.2, 0.25) is 0 Å². The van der Waals surface area contributed by atoms with E-state index in [0.717, 1.165) is 5.56 Å². The zero-order valence-corrected chi connectivity index (χ0v) is 11.2. The highest BCUT2D eigenvalue weighted by Crippen LogP contribution is 2.23. The molecule has 0 saturated heterocycles. The molecular formula is C15H13F4NO. The van der Waals surface area contributed by atoms with E-state index in [-0.39, 0.29) is 11.6 Å². The van der Waals surface area contributed by atoms with Crippen LogP contribution in [-0.2, 0) is 6.54 Å². The van der Waals surface area contributed by atoms with Crippen LogP contribution < -0.4 is 10.1 Å². The van der Waals surface area contributed by atoms with Gasteiger partial charge in [0.05, 0.1) is 5.69 Å². The minimum Gasteiger partial charge on any atom is -0.406 e. The number of hydrogen-bond donors (Lipinski definition) is 1. The summed E-state index contributed by atoms with van der Waals surface area (Å²) in [6.07, 6.45) is -4.70. The third-order valence-corrected chi connectivity index (χ3v) is 2.76. The molecule has 0 aliphatic carbocycles. The lowest BCUT2D eigenvalue weighted by Crippen LogP contribution is -2.17. The molecule has 0 amide bonds. The topological polar surface area (TPSA) is 21.3 Å². The number of nitrogens with one attached hydrogen (secondary N) is 1. The molecule has 0 bridgehead atoms. The average molecular weight is 299 g/mol. The molecule has 2 nitrogen and oxygen atoms in total. The van der Waals surface area contributed by atoms with Gasteiger partial charge in [-0.3, -0.25) is 0 Å². The number of ether oxygens (including phenoxy) is 1. The summed E-state index contributed by atoms with van der Waals surface area (Å²) in [6.45, 7) is 2.08. The number of rotatable bonds is 4. The maximum atomic E-state index is 13.6. The molecule has 0 unspecified atom stereocenters. The molecule has 0 spiro atoms. The first-order valence-corrected chi connectivity index (χ1v) is 6.18. The molecule has 0 heterocycles. The Morgan fingerprint density at radius 1 is 1.05 bits per heavy atom. The highest BCUT2D eigenvalue weighted by atomic mass is 19.4. The van der Waals surface area contributed by atoms with E-state index in [1.165, 1.54) is 30.3 Å². The van der Waals surface area contributed by atoms with Crippen molar-refractivity contribution in [2.75, 3.05) is 5.32 Å². The third kappa shape index (κ3) is 4.66. The monoisotopic (exact) mass is 299 g/mol. The molecule has 0 saturated carbocycles. The number of aryl methyl sites for hydroxylation is 1. The first-order valence-electron chi connectivity index (χ1n) is 6.18. The molecular weight excluding hydrogens is 286 g/mol. The van der Waals surface area contributed by atoms with Crippen LogP contribution in [0.1, 0.15) is 11.1 Å². The average Bonchev–Trinajstić information content (AvgIpc) is 2.38. The van der Waals surface area contributed by atoms with Crippen LogP contribution in [0, 0.1) is 12.7 Å². The molecule has 2 aromatic rings. The van der Waals surface area contributed by atoms with E-state index in [4.69, 9.17) is 0 Å². The summed E-state index contributed by atoms with van der Waals surface area (Å²) >= 11 is 0.